The molecule has 0 aromatic heterocycles. The zero-order valence-electron chi connectivity index (χ0n) is 17.7. The molecule has 180 valence electrons. The monoisotopic (exact) mass is 518 g/mol. The summed E-state index contributed by atoms with van der Waals surface area (Å²) in [4.78, 5) is 26.7. The molecule has 3 rings (SSSR count). The van der Waals surface area contributed by atoms with Gasteiger partial charge < -0.3 is 30.6 Å². The SMILES string of the molecule is CN1Cc2c(Cl)cc(Cl)cc2C(c2cc(C(=O)O)cc(C(=O)NC(CO)(CO)CO)c2)C1.Cl. The molecule has 2 aromatic rings. The molecule has 0 saturated carbocycles. The van der Waals surface area contributed by atoms with Gasteiger partial charge in [0.15, 0.2) is 0 Å². The maximum atomic E-state index is 12.9. The Hall–Kier alpha value is -1.91. The number of aliphatic hydroxyl groups is 3. The minimum absolute atomic E-state index is 0. The maximum absolute atomic E-state index is 12.9. The van der Waals surface area contributed by atoms with Gasteiger partial charge in [0, 0.05) is 34.6 Å². The number of hydrogen-bond acceptors (Lipinski definition) is 6. The number of fused-ring (bicyclic) bond motifs is 1. The van der Waals surface area contributed by atoms with Gasteiger partial charge in [0.05, 0.1) is 25.4 Å². The van der Waals surface area contributed by atoms with E-state index in [2.05, 4.69) is 5.32 Å². The van der Waals surface area contributed by atoms with E-state index in [0.717, 1.165) is 11.1 Å². The van der Waals surface area contributed by atoms with E-state index in [9.17, 15) is 30.0 Å². The van der Waals surface area contributed by atoms with Crippen LogP contribution in [0.1, 0.15) is 43.3 Å². The molecule has 0 bridgehead atoms. The van der Waals surface area contributed by atoms with Crippen LogP contribution in [-0.2, 0) is 6.54 Å². The van der Waals surface area contributed by atoms with Gasteiger partial charge in [-0.2, -0.15) is 0 Å². The number of carbonyl (C=O) groups is 2. The minimum Gasteiger partial charge on any atom is -0.478 e. The summed E-state index contributed by atoms with van der Waals surface area (Å²) in [5.74, 6) is -2.25. The lowest BCUT2D eigenvalue weighted by Crippen LogP contribution is -2.57. The largest absolute Gasteiger partial charge is 0.478 e. The number of aromatic carboxylic acids is 1. The molecular formula is C22H25Cl3N2O6. The topological polar surface area (TPSA) is 130 Å². The molecule has 1 heterocycles. The van der Waals surface area contributed by atoms with Crippen molar-refractivity contribution in [3.63, 3.8) is 0 Å². The summed E-state index contributed by atoms with van der Waals surface area (Å²) >= 11 is 12.6. The number of carboxylic acids is 1. The third-order valence-electron chi connectivity index (χ3n) is 5.65. The smallest absolute Gasteiger partial charge is 0.335 e. The molecule has 1 aliphatic heterocycles. The lowest BCUT2D eigenvalue weighted by molar-refractivity contribution is 0.0375. The molecule has 0 aliphatic carbocycles. The van der Waals surface area contributed by atoms with E-state index in [1.807, 2.05) is 11.9 Å². The number of carboxylic acid groups (broad SMARTS) is 1. The Morgan fingerprint density at radius 2 is 1.67 bits per heavy atom. The van der Waals surface area contributed by atoms with Gasteiger partial charge in [-0.25, -0.2) is 4.79 Å². The highest BCUT2D eigenvalue weighted by Crippen LogP contribution is 2.39. The highest BCUT2D eigenvalue weighted by atomic mass is 35.5. The Morgan fingerprint density at radius 1 is 1.06 bits per heavy atom. The fourth-order valence-electron chi connectivity index (χ4n) is 3.82. The highest BCUT2D eigenvalue weighted by Gasteiger charge is 2.32. The number of hydrogen-bond donors (Lipinski definition) is 5. The normalized spacial score (nSPS) is 16.0. The van der Waals surface area contributed by atoms with Crippen molar-refractivity contribution in [1.29, 1.82) is 0 Å². The third kappa shape index (κ3) is 5.78. The van der Waals surface area contributed by atoms with E-state index < -0.39 is 37.2 Å². The lowest BCUT2D eigenvalue weighted by atomic mass is 9.83. The van der Waals surface area contributed by atoms with Gasteiger partial charge in [0.2, 0.25) is 0 Å². The van der Waals surface area contributed by atoms with Crippen molar-refractivity contribution in [3.8, 4) is 0 Å². The zero-order valence-corrected chi connectivity index (χ0v) is 20.0. The molecule has 0 saturated heterocycles. The van der Waals surface area contributed by atoms with Crippen LogP contribution in [0.5, 0.6) is 0 Å². The Bertz CT molecular complexity index is 1040. The van der Waals surface area contributed by atoms with Crippen LogP contribution in [0.4, 0.5) is 0 Å². The first-order valence-corrected chi connectivity index (χ1v) is 10.6. The fraction of sp³-hybridized carbons (Fsp3) is 0.364. The summed E-state index contributed by atoms with van der Waals surface area (Å²) in [6, 6.07) is 7.71. The van der Waals surface area contributed by atoms with Gasteiger partial charge >= 0.3 is 5.97 Å². The van der Waals surface area contributed by atoms with Crippen LogP contribution < -0.4 is 5.32 Å². The average molecular weight is 520 g/mol. The predicted octanol–water partition coefficient (Wildman–Crippen LogP) is 2.14. The molecule has 5 N–H and O–H groups in total. The van der Waals surface area contributed by atoms with E-state index >= 15 is 0 Å². The predicted molar refractivity (Wildman–Crippen MR) is 127 cm³/mol. The summed E-state index contributed by atoms with van der Waals surface area (Å²) in [6.45, 7) is -0.958. The van der Waals surface area contributed by atoms with E-state index in [0.29, 0.717) is 28.7 Å². The van der Waals surface area contributed by atoms with Crippen LogP contribution in [0.2, 0.25) is 10.0 Å². The molecule has 0 fully saturated rings. The summed E-state index contributed by atoms with van der Waals surface area (Å²) in [5.41, 5.74) is 0.575. The van der Waals surface area contributed by atoms with E-state index in [1.165, 1.54) is 12.1 Å². The van der Waals surface area contributed by atoms with Crippen LogP contribution in [0.15, 0.2) is 30.3 Å². The van der Waals surface area contributed by atoms with Crippen LogP contribution in [-0.4, -0.2) is 76.2 Å². The third-order valence-corrected chi connectivity index (χ3v) is 6.20. The Balaban J connectivity index is 0.00000385. The van der Waals surface area contributed by atoms with E-state index in [1.54, 1.807) is 18.2 Å². The molecule has 1 atom stereocenters. The second-order valence-electron chi connectivity index (χ2n) is 8.06. The maximum Gasteiger partial charge on any atom is 0.335 e. The van der Waals surface area contributed by atoms with Crippen molar-refractivity contribution in [2.45, 2.75) is 18.0 Å². The number of halogens is 3. The van der Waals surface area contributed by atoms with Crippen LogP contribution in [0, 0.1) is 0 Å². The van der Waals surface area contributed by atoms with Crippen molar-refractivity contribution >= 4 is 47.5 Å². The number of nitrogens with zero attached hydrogens (tertiary/aromatic N) is 1. The van der Waals surface area contributed by atoms with Crippen molar-refractivity contribution in [1.82, 2.24) is 10.2 Å². The van der Waals surface area contributed by atoms with Crippen molar-refractivity contribution in [2.75, 3.05) is 33.4 Å². The summed E-state index contributed by atoms with van der Waals surface area (Å²) < 4.78 is 0. The molecule has 1 aliphatic rings. The molecule has 0 radical (unpaired) electrons. The first-order chi connectivity index (χ1) is 15.1. The van der Waals surface area contributed by atoms with Crippen LogP contribution in [0.3, 0.4) is 0 Å². The number of benzene rings is 2. The van der Waals surface area contributed by atoms with E-state index in [4.69, 9.17) is 23.2 Å². The quantitative estimate of drug-likeness (QED) is 0.379. The van der Waals surface area contributed by atoms with Gasteiger partial charge in [0.25, 0.3) is 5.91 Å². The summed E-state index contributed by atoms with van der Waals surface area (Å²) in [6.07, 6.45) is 0. The second kappa shape index (κ2) is 11.0. The number of rotatable bonds is 7. The molecule has 1 amide bonds. The summed E-state index contributed by atoms with van der Waals surface area (Å²) in [7, 11) is 1.91. The Morgan fingerprint density at radius 3 is 2.24 bits per heavy atom. The number of amides is 1. The average Bonchev–Trinajstić information content (AvgIpc) is 2.77. The number of carbonyl (C=O) groups excluding carboxylic acids is 1. The van der Waals surface area contributed by atoms with Gasteiger partial charge in [-0.15, -0.1) is 12.4 Å². The second-order valence-corrected chi connectivity index (χ2v) is 8.91. The number of nitrogens with one attached hydrogen (secondary N) is 1. The van der Waals surface area contributed by atoms with E-state index in [-0.39, 0.29) is 29.5 Å². The molecule has 1 unspecified atom stereocenters. The molecule has 33 heavy (non-hydrogen) atoms. The van der Waals surface area contributed by atoms with Gasteiger partial charge in [0.1, 0.15) is 5.54 Å². The number of likely N-dealkylation sites (N-methyl/N-ethyl adjacent to an activating group) is 1. The zero-order chi connectivity index (χ0) is 23.6. The van der Waals surface area contributed by atoms with Crippen molar-refractivity contribution < 1.29 is 30.0 Å². The molecule has 2 aromatic carbocycles. The van der Waals surface area contributed by atoms with Crippen molar-refractivity contribution in [3.05, 3.63) is 68.2 Å². The van der Waals surface area contributed by atoms with Gasteiger partial charge in [-0.05, 0) is 54.1 Å². The van der Waals surface area contributed by atoms with Gasteiger partial charge in [-0.1, -0.05) is 23.2 Å². The van der Waals surface area contributed by atoms with Crippen molar-refractivity contribution in [2.24, 2.45) is 0 Å². The molecule has 8 nitrogen and oxygen atoms in total. The molecular weight excluding hydrogens is 495 g/mol. The highest BCUT2D eigenvalue weighted by molar-refractivity contribution is 6.35. The summed E-state index contributed by atoms with van der Waals surface area (Å²) in [5, 5.41) is 41.5. The minimum atomic E-state index is -1.64. The number of aliphatic hydroxyl groups excluding tert-OH is 3. The fourth-order valence-corrected chi connectivity index (χ4v) is 4.39. The lowest BCUT2D eigenvalue weighted by Gasteiger charge is -2.34. The van der Waals surface area contributed by atoms with Gasteiger partial charge in [-0.3, -0.25) is 4.79 Å². The first kappa shape index (κ1) is 27.3. The Kier molecular flexibility index (Phi) is 9.12. The first-order valence-electron chi connectivity index (χ1n) is 9.82. The molecule has 11 heteroatoms. The molecule has 0 spiro atoms. The van der Waals surface area contributed by atoms with Crippen LogP contribution in [0.25, 0.3) is 0 Å². The standard InChI is InChI=1S/C22H24Cl2N2O6.ClH/c1-26-7-17(16-5-15(23)6-19(24)18(16)8-26)12-2-13(4-14(3-12)21(31)32)20(30)25-22(9-27,10-28)11-29;/h2-6,17,27-29H,7-11H2,1H3,(H,25,30)(H,31,32);1H. The Labute approximate surface area is 207 Å². The van der Waals surface area contributed by atoms with Crippen LogP contribution >= 0.6 is 35.6 Å².